The van der Waals surface area contributed by atoms with E-state index < -0.39 is 4.92 Å². The third kappa shape index (κ3) is 5.11. The first-order valence-electron chi connectivity index (χ1n) is 9.01. The number of amides is 1. The van der Waals surface area contributed by atoms with Gasteiger partial charge in [-0.1, -0.05) is 31.3 Å². The maximum Gasteiger partial charge on any atom is 0.279 e. The molecule has 1 heterocycles. The summed E-state index contributed by atoms with van der Waals surface area (Å²) in [4.78, 5) is 29.3. The van der Waals surface area contributed by atoms with Gasteiger partial charge in [0.2, 0.25) is 0 Å². The van der Waals surface area contributed by atoms with Gasteiger partial charge in [0, 0.05) is 41.5 Å². The number of methoxy groups -OCH3 is 1. The van der Waals surface area contributed by atoms with Crippen molar-refractivity contribution in [3.63, 3.8) is 0 Å². The molecule has 0 unspecified atom stereocenters. The molecule has 7 nitrogen and oxygen atoms in total. The van der Waals surface area contributed by atoms with Crippen LogP contribution in [0.4, 0.5) is 5.69 Å². The monoisotopic (exact) mass is 431 g/mol. The number of hydrogen-bond donors (Lipinski definition) is 0. The number of hydrogen-bond acceptors (Lipinski definition) is 6. The number of nitro groups is 1. The quantitative estimate of drug-likeness (QED) is 0.312. The molecule has 0 bridgehead atoms. The van der Waals surface area contributed by atoms with E-state index in [2.05, 4.69) is 18.8 Å². The van der Waals surface area contributed by atoms with E-state index in [1.165, 1.54) is 23.5 Å². The van der Waals surface area contributed by atoms with Crippen molar-refractivity contribution in [1.29, 1.82) is 0 Å². The van der Waals surface area contributed by atoms with E-state index in [9.17, 15) is 14.9 Å². The van der Waals surface area contributed by atoms with Crippen LogP contribution >= 0.6 is 23.1 Å². The molecular formula is C20H21N3O4S2. The molecule has 3 rings (SSSR count). The summed E-state index contributed by atoms with van der Waals surface area (Å²) in [5.74, 6) is -0.344. The van der Waals surface area contributed by atoms with Crippen LogP contribution < -0.4 is 4.80 Å². The molecule has 0 spiro atoms. The lowest BCUT2D eigenvalue weighted by atomic mass is 10.2. The van der Waals surface area contributed by atoms with E-state index in [-0.39, 0.29) is 11.6 Å². The molecule has 2 aromatic carbocycles. The van der Waals surface area contributed by atoms with Crippen LogP contribution in [0.15, 0.2) is 52.4 Å². The van der Waals surface area contributed by atoms with Crippen molar-refractivity contribution < 1.29 is 14.5 Å². The molecule has 1 amide bonds. The maximum absolute atomic E-state index is 12.8. The Labute approximate surface area is 176 Å². The first kappa shape index (κ1) is 21.2. The number of aromatic nitrogens is 1. The normalized spacial score (nSPS) is 12.1. The predicted molar refractivity (Wildman–Crippen MR) is 116 cm³/mol. The highest BCUT2D eigenvalue weighted by Crippen LogP contribution is 2.25. The molecule has 0 N–H and O–H groups in total. The van der Waals surface area contributed by atoms with Gasteiger partial charge >= 0.3 is 0 Å². The Bertz CT molecular complexity index is 1120. The topological polar surface area (TPSA) is 86.7 Å². The second-order valence-corrected chi connectivity index (χ2v) is 9.21. The Balaban J connectivity index is 2.05. The van der Waals surface area contributed by atoms with Crippen molar-refractivity contribution in [2.45, 2.75) is 30.5 Å². The number of rotatable bonds is 7. The summed E-state index contributed by atoms with van der Waals surface area (Å²) in [7, 11) is 1.60. The molecule has 0 saturated carbocycles. The fraction of sp³-hybridized carbons (Fsp3) is 0.300. The minimum absolute atomic E-state index is 0.00827. The first-order chi connectivity index (χ1) is 13.9. The highest BCUT2D eigenvalue weighted by atomic mass is 32.2. The van der Waals surface area contributed by atoms with Gasteiger partial charge in [0.1, 0.15) is 0 Å². The lowest BCUT2D eigenvalue weighted by Gasteiger charge is -2.06. The zero-order chi connectivity index (χ0) is 21.0. The van der Waals surface area contributed by atoms with Crippen LogP contribution in [0.25, 0.3) is 10.2 Å². The average molecular weight is 432 g/mol. The molecule has 9 heteroatoms. The number of thiazole rings is 1. The smallest absolute Gasteiger partial charge is 0.279 e. The number of non-ortho nitro benzene ring substituents is 1. The van der Waals surface area contributed by atoms with Crippen molar-refractivity contribution in [2.75, 3.05) is 13.7 Å². The molecule has 0 radical (unpaired) electrons. The molecule has 1 aromatic heterocycles. The molecule has 152 valence electrons. The summed E-state index contributed by atoms with van der Waals surface area (Å²) < 4.78 is 7.73. The first-order valence-corrected chi connectivity index (χ1v) is 10.7. The Morgan fingerprint density at radius 1 is 1.31 bits per heavy atom. The van der Waals surface area contributed by atoms with E-state index in [4.69, 9.17) is 4.74 Å². The molecule has 0 atom stereocenters. The zero-order valence-electron chi connectivity index (χ0n) is 16.3. The highest BCUT2D eigenvalue weighted by Gasteiger charge is 2.13. The Morgan fingerprint density at radius 3 is 2.79 bits per heavy atom. The number of carbonyl (C=O) groups is 1. The van der Waals surface area contributed by atoms with E-state index in [0.29, 0.717) is 33.5 Å². The van der Waals surface area contributed by atoms with Crippen molar-refractivity contribution >= 4 is 44.9 Å². The van der Waals surface area contributed by atoms with Crippen molar-refractivity contribution in [2.24, 2.45) is 4.99 Å². The molecular weight excluding hydrogens is 410 g/mol. The summed E-state index contributed by atoms with van der Waals surface area (Å²) >= 11 is 2.94. The van der Waals surface area contributed by atoms with Crippen LogP contribution in [0.3, 0.4) is 0 Å². The van der Waals surface area contributed by atoms with Crippen LogP contribution in [-0.2, 0) is 11.3 Å². The largest absolute Gasteiger partial charge is 0.383 e. The summed E-state index contributed by atoms with van der Waals surface area (Å²) in [5, 5.41) is 11.5. The Hall–Kier alpha value is -2.49. The maximum atomic E-state index is 12.8. The Kier molecular flexibility index (Phi) is 6.83. The summed E-state index contributed by atoms with van der Waals surface area (Å²) in [6, 6.07) is 12.0. The predicted octanol–water partition coefficient (Wildman–Crippen LogP) is 4.50. The standard InChI is InChI=1S/C20H21N3O4S2/c1-13(2)28-16-6-4-5-14(11-16)19(24)21-20-22(9-10-27-3)17-8-7-15(23(25)26)12-18(17)29-20/h4-8,11-13H,9-10H2,1-3H3. The van der Waals surface area contributed by atoms with Crippen LogP contribution in [0.5, 0.6) is 0 Å². The van der Waals surface area contributed by atoms with E-state index in [1.54, 1.807) is 31.0 Å². The molecule has 0 saturated heterocycles. The summed E-state index contributed by atoms with van der Waals surface area (Å²) in [5.41, 5.74) is 1.31. The van der Waals surface area contributed by atoms with E-state index in [0.717, 1.165) is 10.4 Å². The number of nitro benzene ring substituents is 1. The van der Waals surface area contributed by atoms with Crippen LogP contribution in [0, 0.1) is 10.1 Å². The molecule has 3 aromatic rings. The van der Waals surface area contributed by atoms with Gasteiger partial charge in [0.15, 0.2) is 4.80 Å². The lowest BCUT2D eigenvalue weighted by molar-refractivity contribution is -0.384. The number of fused-ring (bicyclic) bond motifs is 1. The van der Waals surface area contributed by atoms with E-state index in [1.807, 2.05) is 22.8 Å². The molecule has 0 aliphatic heterocycles. The van der Waals surface area contributed by atoms with Crippen LogP contribution in [-0.4, -0.2) is 34.4 Å². The lowest BCUT2D eigenvalue weighted by Crippen LogP contribution is -2.19. The highest BCUT2D eigenvalue weighted by molar-refractivity contribution is 7.99. The number of benzene rings is 2. The van der Waals surface area contributed by atoms with Gasteiger partial charge < -0.3 is 9.30 Å². The fourth-order valence-corrected chi connectivity index (χ4v) is 4.77. The average Bonchev–Trinajstić information content (AvgIpc) is 3.02. The second-order valence-electron chi connectivity index (χ2n) is 6.55. The number of ether oxygens (including phenoxy) is 1. The number of nitrogens with zero attached hydrogens (tertiary/aromatic N) is 3. The molecule has 0 aliphatic carbocycles. The van der Waals surface area contributed by atoms with Crippen LogP contribution in [0.2, 0.25) is 0 Å². The second kappa shape index (κ2) is 9.34. The third-order valence-corrected chi connectivity index (χ3v) is 6.08. The molecule has 0 aliphatic rings. The number of carbonyl (C=O) groups excluding carboxylic acids is 1. The minimum atomic E-state index is -0.432. The van der Waals surface area contributed by atoms with Gasteiger partial charge in [0.25, 0.3) is 11.6 Å². The van der Waals surface area contributed by atoms with Crippen molar-refractivity contribution in [3.05, 3.63) is 62.9 Å². The minimum Gasteiger partial charge on any atom is -0.383 e. The van der Waals surface area contributed by atoms with Gasteiger partial charge in [-0.2, -0.15) is 4.99 Å². The van der Waals surface area contributed by atoms with Gasteiger partial charge in [-0.25, -0.2) is 0 Å². The van der Waals surface area contributed by atoms with Crippen molar-refractivity contribution in [1.82, 2.24) is 4.57 Å². The third-order valence-electron chi connectivity index (χ3n) is 4.05. The van der Waals surface area contributed by atoms with Gasteiger partial charge in [-0.3, -0.25) is 14.9 Å². The van der Waals surface area contributed by atoms with Gasteiger partial charge in [-0.05, 0) is 24.3 Å². The van der Waals surface area contributed by atoms with Gasteiger partial charge in [-0.15, -0.1) is 11.8 Å². The SMILES string of the molecule is COCCn1c(=NC(=O)c2cccc(SC(C)C)c2)sc2cc([N+](=O)[O-])ccc21. The summed E-state index contributed by atoms with van der Waals surface area (Å²) in [6.07, 6.45) is 0. The summed E-state index contributed by atoms with van der Waals surface area (Å²) in [6.45, 7) is 5.12. The molecule has 0 fully saturated rings. The number of thioether (sulfide) groups is 1. The fourth-order valence-electron chi connectivity index (χ4n) is 2.79. The molecule has 29 heavy (non-hydrogen) atoms. The van der Waals surface area contributed by atoms with Crippen molar-refractivity contribution in [3.8, 4) is 0 Å². The van der Waals surface area contributed by atoms with Gasteiger partial charge in [0.05, 0.1) is 21.7 Å². The zero-order valence-corrected chi connectivity index (χ0v) is 18.0. The Morgan fingerprint density at radius 2 is 2.10 bits per heavy atom. The van der Waals surface area contributed by atoms with Crippen LogP contribution in [0.1, 0.15) is 24.2 Å². The van der Waals surface area contributed by atoms with E-state index >= 15 is 0 Å².